The fourth-order valence-corrected chi connectivity index (χ4v) is 5.40. The first-order chi connectivity index (χ1) is 15.0. The summed E-state index contributed by atoms with van der Waals surface area (Å²) in [7, 11) is 0. The average Bonchev–Trinajstić information content (AvgIpc) is 2.80. The third-order valence-corrected chi connectivity index (χ3v) is 7.24. The fourth-order valence-electron chi connectivity index (χ4n) is 5.40. The van der Waals surface area contributed by atoms with Gasteiger partial charge in [-0.25, -0.2) is 9.97 Å². The second-order valence-electron chi connectivity index (χ2n) is 9.28. The summed E-state index contributed by atoms with van der Waals surface area (Å²) in [6.07, 6.45) is 10.8. The van der Waals surface area contributed by atoms with E-state index in [4.69, 9.17) is 5.73 Å². The molecule has 4 heterocycles. The van der Waals surface area contributed by atoms with Crippen LogP contribution in [0.25, 0.3) is 0 Å². The van der Waals surface area contributed by atoms with E-state index in [1.165, 1.54) is 38.5 Å². The van der Waals surface area contributed by atoms with Crippen LogP contribution in [0.3, 0.4) is 0 Å². The molecule has 0 radical (unpaired) electrons. The third kappa shape index (κ3) is 5.23. The van der Waals surface area contributed by atoms with Crippen molar-refractivity contribution in [3.63, 3.8) is 0 Å². The quantitative estimate of drug-likeness (QED) is 0.769. The Morgan fingerprint density at radius 3 is 2.39 bits per heavy atom. The fraction of sp³-hybridized carbons (Fsp3) is 0.739. The van der Waals surface area contributed by atoms with Crippen LogP contribution in [0.15, 0.2) is 6.20 Å². The van der Waals surface area contributed by atoms with Crippen molar-refractivity contribution in [3.8, 4) is 0 Å². The Morgan fingerprint density at radius 1 is 1.00 bits per heavy atom. The maximum absolute atomic E-state index is 13.1. The van der Waals surface area contributed by atoms with Gasteiger partial charge in [0.2, 0.25) is 5.91 Å². The van der Waals surface area contributed by atoms with Gasteiger partial charge in [-0.1, -0.05) is 12.8 Å². The molecule has 0 spiro atoms. The molecule has 3 fully saturated rings. The third-order valence-electron chi connectivity index (χ3n) is 7.24. The van der Waals surface area contributed by atoms with Crippen molar-refractivity contribution < 1.29 is 9.59 Å². The first kappa shape index (κ1) is 22.1. The zero-order chi connectivity index (χ0) is 21.8. The summed E-state index contributed by atoms with van der Waals surface area (Å²) >= 11 is 0. The van der Waals surface area contributed by atoms with Crippen LogP contribution < -0.4 is 5.73 Å². The Bertz CT molecular complexity index is 786. The number of primary amides is 1. The Labute approximate surface area is 185 Å². The van der Waals surface area contributed by atoms with E-state index in [0.717, 1.165) is 51.7 Å². The number of rotatable bonds is 5. The number of likely N-dealkylation sites (tertiary alicyclic amines) is 3. The second-order valence-corrected chi connectivity index (χ2v) is 9.28. The van der Waals surface area contributed by atoms with Crippen molar-refractivity contribution >= 4 is 11.8 Å². The summed E-state index contributed by atoms with van der Waals surface area (Å²) in [5.41, 5.74) is 6.36. The first-order valence-electron chi connectivity index (χ1n) is 11.9. The van der Waals surface area contributed by atoms with Gasteiger partial charge < -0.3 is 15.5 Å². The molecule has 3 aliphatic heterocycles. The van der Waals surface area contributed by atoms with Crippen molar-refractivity contribution in [1.29, 1.82) is 0 Å². The van der Waals surface area contributed by atoms with E-state index in [-0.39, 0.29) is 11.9 Å². The molecule has 1 aromatic heterocycles. The van der Waals surface area contributed by atoms with Gasteiger partial charge in [-0.3, -0.25) is 14.5 Å². The number of hydrogen-bond donors (Lipinski definition) is 1. The summed E-state index contributed by atoms with van der Waals surface area (Å²) in [6.45, 7) is 7.25. The van der Waals surface area contributed by atoms with E-state index in [0.29, 0.717) is 29.7 Å². The molecule has 170 valence electrons. The molecule has 0 aromatic carbocycles. The minimum Gasteiger partial charge on any atom is -0.365 e. The van der Waals surface area contributed by atoms with Crippen LogP contribution in [-0.4, -0.2) is 81.8 Å². The SMILES string of the molecule is Cc1nc([C@@H]2CCCCN2CC(=O)N2CCC(N3CCCCC3)CC2)ncc1C(N)=O. The average molecular weight is 429 g/mol. The standard InChI is InChI=1S/C23H36N6O2/c1-17-19(22(24)31)15-25-23(26-17)20-7-3-6-12-29(20)16-21(30)28-13-8-18(9-14-28)27-10-4-2-5-11-27/h15,18,20H,2-14,16H2,1H3,(H2,24,31)/t20-/m0/s1. The van der Waals surface area contributed by atoms with Crippen LogP contribution in [0.4, 0.5) is 0 Å². The Kier molecular flexibility index (Phi) is 7.17. The number of carbonyl (C=O) groups is 2. The van der Waals surface area contributed by atoms with Gasteiger partial charge in [-0.15, -0.1) is 0 Å². The van der Waals surface area contributed by atoms with Gasteiger partial charge >= 0.3 is 0 Å². The molecule has 0 bridgehead atoms. The first-order valence-corrected chi connectivity index (χ1v) is 11.9. The topological polar surface area (TPSA) is 95.7 Å². The summed E-state index contributed by atoms with van der Waals surface area (Å²) < 4.78 is 0. The number of nitrogens with two attached hydrogens (primary N) is 1. The predicted molar refractivity (Wildman–Crippen MR) is 118 cm³/mol. The normalized spacial score (nSPS) is 24.3. The molecule has 4 rings (SSSR count). The van der Waals surface area contributed by atoms with Crippen LogP contribution in [0.5, 0.6) is 0 Å². The Balaban J connectivity index is 1.35. The summed E-state index contributed by atoms with van der Waals surface area (Å²) in [4.78, 5) is 40.5. The van der Waals surface area contributed by atoms with E-state index in [1.807, 2.05) is 0 Å². The monoisotopic (exact) mass is 428 g/mol. The molecule has 8 heteroatoms. The van der Waals surface area contributed by atoms with Gasteiger partial charge in [-0.2, -0.15) is 0 Å². The number of aryl methyl sites for hydroxylation is 1. The molecule has 0 aliphatic carbocycles. The number of hydrogen-bond acceptors (Lipinski definition) is 6. The highest BCUT2D eigenvalue weighted by molar-refractivity contribution is 5.93. The highest BCUT2D eigenvalue weighted by Crippen LogP contribution is 2.29. The highest BCUT2D eigenvalue weighted by Gasteiger charge is 2.32. The van der Waals surface area contributed by atoms with E-state index < -0.39 is 5.91 Å². The van der Waals surface area contributed by atoms with Crippen molar-refractivity contribution in [2.75, 3.05) is 39.3 Å². The van der Waals surface area contributed by atoms with Gasteiger partial charge in [0.15, 0.2) is 0 Å². The lowest BCUT2D eigenvalue weighted by molar-refractivity contribution is -0.135. The zero-order valence-electron chi connectivity index (χ0n) is 18.8. The van der Waals surface area contributed by atoms with Crippen molar-refractivity contribution in [2.24, 2.45) is 5.73 Å². The van der Waals surface area contributed by atoms with Crippen molar-refractivity contribution in [2.45, 2.75) is 70.4 Å². The molecule has 3 saturated heterocycles. The number of piperidine rings is 3. The van der Waals surface area contributed by atoms with Gasteiger partial charge in [0.25, 0.3) is 5.91 Å². The lowest BCUT2D eigenvalue weighted by Crippen LogP contribution is -2.50. The summed E-state index contributed by atoms with van der Waals surface area (Å²) in [6, 6.07) is 0.663. The Hall–Kier alpha value is -2.06. The summed E-state index contributed by atoms with van der Waals surface area (Å²) in [5.74, 6) is 0.404. The predicted octanol–water partition coefficient (Wildman–Crippen LogP) is 1.89. The van der Waals surface area contributed by atoms with Crippen LogP contribution in [0, 0.1) is 6.92 Å². The van der Waals surface area contributed by atoms with E-state index in [9.17, 15) is 9.59 Å². The Morgan fingerprint density at radius 2 is 1.71 bits per heavy atom. The lowest BCUT2D eigenvalue weighted by Gasteiger charge is -2.41. The number of amides is 2. The van der Waals surface area contributed by atoms with Crippen LogP contribution >= 0.6 is 0 Å². The minimum atomic E-state index is -0.507. The van der Waals surface area contributed by atoms with Gasteiger partial charge in [0.05, 0.1) is 23.8 Å². The molecule has 0 saturated carbocycles. The van der Waals surface area contributed by atoms with Crippen LogP contribution in [0.2, 0.25) is 0 Å². The molecular formula is C23H36N6O2. The lowest BCUT2D eigenvalue weighted by atomic mass is 9.99. The molecule has 0 unspecified atom stereocenters. The highest BCUT2D eigenvalue weighted by atomic mass is 16.2. The molecule has 8 nitrogen and oxygen atoms in total. The minimum absolute atomic E-state index is 0.0178. The van der Waals surface area contributed by atoms with Crippen LogP contribution in [-0.2, 0) is 4.79 Å². The number of carbonyl (C=O) groups excluding carboxylic acids is 2. The van der Waals surface area contributed by atoms with Gasteiger partial charge in [0.1, 0.15) is 5.82 Å². The maximum atomic E-state index is 13.1. The second kappa shape index (κ2) is 10.0. The van der Waals surface area contributed by atoms with Crippen LogP contribution in [0.1, 0.15) is 79.3 Å². The van der Waals surface area contributed by atoms with Crippen molar-refractivity contribution in [1.82, 2.24) is 24.7 Å². The smallest absolute Gasteiger partial charge is 0.252 e. The molecule has 1 atom stereocenters. The molecule has 2 N–H and O–H groups in total. The number of nitrogens with zero attached hydrogens (tertiary/aromatic N) is 5. The zero-order valence-corrected chi connectivity index (χ0v) is 18.8. The van der Waals surface area contributed by atoms with E-state index >= 15 is 0 Å². The van der Waals surface area contributed by atoms with E-state index in [2.05, 4.69) is 24.7 Å². The van der Waals surface area contributed by atoms with Gasteiger partial charge in [-0.05, 0) is 65.1 Å². The summed E-state index contributed by atoms with van der Waals surface area (Å²) in [5, 5.41) is 0. The van der Waals surface area contributed by atoms with Gasteiger partial charge in [0, 0.05) is 25.3 Å². The van der Waals surface area contributed by atoms with Crippen molar-refractivity contribution in [3.05, 3.63) is 23.3 Å². The van der Waals surface area contributed by atoms with E-state index in [1.54, 1.807) is 6.92 Å². The largest absolute Gasteiger partial charge is 0.365 e. The molecule has 2 amide bonds. The number of aromatic nitrogens is 2. The molecule has 1 aromatic rings. The molecular weight excluding hydrogens is 392 g/mol. The molecule has 3 aliphatic rings. The maximum Gasteiger partial charge on any atom is 0.252 e. The molecule has 31 heavy (non-hydrogen) atoms.